The lowest BCUT2D eigenvalue weighted by Crippen LogP contribution is -2.45. The van der Waals surface area contributed by atoms with Crippen LogP contribution in [-0.2, 0) is 0 Å². The molecule has 1 heterocycles. The highest BCUT2D eigenvalue weighted by Crippen LogP contribution is 2.43. The molecule has 0 unspecified atom stereocenters. The third-order valence-electron chi connectivity index (χ3n) is 4.06. The Morgan fingerprint density at radius 2 is 1.75 bits per heavy atom. The Bertz CT molecular complexity index is 216. The molecule has 2 rings (SSSR count). The summed E-state index contributed by atoms with van der Waals surface area (Å²) < 4.78 is 0. The first-order valence-corrected chi connectivity index (χ1v) is 6.51. The zero-order valence-electron chi connectivity index (χ0n) is 10.8. The summed E-state index contributed by atoms with van der Waals surface area (Å²) in [5.41, 5.74) is 6.75. The quantitative estimate of drug-likeness (QED) is 0.812. The second-order valence-corrected chi connectivity index (χ2v) is 6.51. The van der Waals surface area contributed by atoms with E-state index in [1.54, 1.807) is 0 Å². The first kappa shape index (κ1) is 14.3. The number of halogens is 1. The minimum absolute atomic E-state index is 0. The molecule has 1 spiro atoms. The van der Waals surface area contributed by atoms with Crippen LogP contribution < -0.4 is 5.73 Å². The Balaban J connectivity index is 0.00000128. The van der Waals surface area contributed by atoms with Crippen molar-refractivity contribution >= 4 is 12.4 Å². The van der Waals surface area contributed by atoms with E-state index in [1.165, 1.54) is 51.6 Å². The van der Waals surface area contributed by atoms with Gasteiger partial charge in [0.05, 0.1) is 0 Å². The largest absolute Gasteiger partial charge is 0.324 e. The third kappa shape index (κ3) is 3.61. The monoisotopic (exact) mass is 246 g/mol. The van der Waals surface area contributed by atoms with Crippen LogP contribution in [0.15, 0.2) is 0 Å². The van der Waals surface area contributed by atoms with Gasteiger partial charge in [0.25, 0.3) is 0 Å². The molecule has 0 aromatic rings. The summed E-state index contributed by atoms with van der Waals surface area (Å²) in [4.78, 5) is 2.59. The zero-order chi connectivity index (χ0) is 10.9. The summed E-state index contributed by atoms with van der Waals surface area (Å²) in [5.74, 6) is 0. The highest BCUT2D eigenvalue weighted by molar-refractivity contribution is 5.85. The summed E-state index contributed by atoms with van der Waals surface area (Å²) >= 11 is 0. The van der Waals surface area contributed by atoms with E-state index in [0.717, 1.165) is 6.54 Å². The van der Waals surface area contributed by atoms with Gasteiger partial charge in [0, 0.05) is 18.6 Å². The Hall–Kier alpha value is 0.210. The van der Waals surface area contributed by atoms with Gasteiger partial charge in [-0.15, -0.1) is 12.4 Å². The van der Waals surface area contributed by atoms with E-state index in [-0.39, 0.29) is 17.9 Å². The average Bonchev–Trinajstić information content (AvgIpc) is 2.47. The molecule has 2 aliphatic rings. The first-order valence-electron chi connectivity index (χ1n) is 6.51. The van der Waals surface area contributed by atoms with Crippen LogP contribution in [-0.4, -0.2) is 30.1 Å². The van der Waals surface area contributed by atoms with Gasteiger partial charge in [-0.05, 0) is 45.1 Å². The molecule has 1 aliphatic carbocycles. The molecular weight excluding hydrogens is 220 g/mol. The van der Waals surface area contributed by atoms with Crippen molar-refractivity contribution in [3.63, 3.8) is 0 Å². The predicted octanol–water partition coefficient (Wildman–Crippen LogP) is 2.80. The van der Waals surface area contributed by atoms with Crippen molar-refractivity contribution in [1.29, 1.82) is 0 Å². The van der Waals surface area contributed by atoms with Crippen molar-refractivity contribution in [3.8, 4) is 0 Å². The summed E-state index contributed by atoms with van der Waals surface area (Å²) in [7, 11) is 0. The maximum absolute atomic E-state index is 6.09. The van der Waals surface area contributed by atoms with Gasteiger partial charge in [0.15, 0.2) is 0 Å². The van der Waals surface area contributed by atoms with Crippen molar-refractivity contribution in [2.24, 2.45) is 11.1 Å². The molecule has 1 aliphatic heterocycles. The van der Waals surface area contributed by atoms with Crippen molar-refractivity contribution in [2.75, 3.05) is 19.6 Å². The Kier molecular flexibility index (Phi) is 4.67. The molecule has 0 bridgehead atoms. The molecule has 2 N–H and O–H groups in total. The molecule has 3 heteroatoms. The molecule has 2 fully saturated rings. The molecule has 96 valence electrons. The summed E-state index contributed by atoms with van der Waals surface area (Å²) in [6.07, 6.45) is 8.73. The Morgan fingerprint density at radius 3 is 2.31 bits per heavy atom. The molecule has 1 saturated carbocycles. The number of nitrogens with zero attached hydrogens (tertiary/aromatic N) is 1. The van der Waals surface area contributed by atoms with Crippen molar-refractivity contribution in [1.82, 2.24) is 4.90 Å². The molecule has 2 nitrogen and oxygen atoms in total. The summed E-state index contributed by atoms with van der Waals surface area (Å²) in [6.45, 7) is 7.93. The molecule has 0 atom stereocenters. The average molecular weight is 247 g/mol. The van der Waals surface area contributed by atoms with Crippen LogP contribution in [0.4, 0.5) is 0 Å². The SMILES string of the molecule is CC(C)(N)CN1CCC2(CCCCC2)C1.Cl. The summed E-state index contributed by atoms with van der Waals surface area (Å²) in [5, 5.41) is 0. The maximum Gasteiger partial charge on any atom is 0.0226 e. The molecule has 0 aromatic carbocycles. The molecule has 1 saturated heterocycles. The van der Waals surface area contributed by atoms with Crippen molar-refractivity contribution in [2.45, 2.75) is 57.9 Å². The lowest BCUT2D eigenvalue weighted by Gasteiger charge is -2.34. The molecule has 0 aromatic heterocycles. The van der Waals surface area contributed by atoms with E-state index in [1.807, 2.05) is 0 Å². The minimum atomic E-state index is -0.0276. The maximum atomic E-state index is 6.09. The van der Waals surface area contributed by atoms with Crippen LogP contribution in [0.2, 0.25) is 0 Å². The van der Waals surface area contributed by atoms with Gasteiger partial charge in [-0.25, -0.2) is 0 Å². The molecule has 0 amide bonds. The third-order valence-corrected chi connectivity index (χ3v) is 4.06. The Morgan fingerprint density at radius 1 is 1.12 bits per heavy atom. The van der Waals surface area contributed by atoms with Gasteiger partial charge in [-0.3, -0.25) is 0 Å². The van der Waals surface area contributed by atoms with E-state index < -0.39 is 0 Å². The number of nitrogens with two attached hydrogens (primary N) is 1. The normalized spacial score (nSPS) is 25.7. The number of likely N-dealkylation sites (tertiary alicyclic amines) is 1. The fourth-order valence-corrected chi connectivity index (χ4v) is 3.45. The standard InChI is InChI=1S/C13H26N2.ClH/c1-12(2,14)10-15-9-8-13(11-15)6-4-3-5-7-13;/h3-11,14H2,1-2H3;1H. The lowest BCUT2D eigenvalue weighted by atomic mass is 9.73. The van der Waals surface area contributed by atoms with Crippen LogP contribution in [0.5, 0.6) is 0 Å². The lowest BCUT2D eigenvalue weighted by molar-refractivity contribution is 0.175. The second kappa shape index (κ2) is 5.24. The van der Waals surface area contributed by atoms with Gasteiger partial charge in [-0.2, -0.15) is 0 Å². The minimum Gasteiger partial charge on any atom is -0.324 e. The fraction of sp³-hybridized carbons (Fsp3) is 1.00. The summed E-state index contributed by atoms with van der Waals surface area (Å²) in [6, 6.07) is 0. The van der Waals surface area contributed by atoms with Crippen molar-refractivity contribution in [3.05, 3.63) is 0 Å². The first-order chi connectivity index (χ1) is 6.99. The van der Waals surface area contributed by atoms with E-state index in [0.29, 0.717) is 5.41 Å². The molecule has 0 radical (unpaired) electrons. The highest BCUT2D eigenvalue weighted by atomic mass is 35.5. The van der Waals surface area contributed by atoms with Crippen LogP contribution in [0.3, 0.4) is 0 Å². The van der Waals surface area contributed by atoms with Crippen LogP contribution >= 0.6 is 12.4 Å². The van der Waals surface area contributed by atoms with Crippen LogP contribution in [0, 0.1) is 5.41 Å². The van der Waals surface area contributed by atoms with E-state index in [4.69, 9.17) is 5.73 Å². The van der Waals surface area contributed by atoms with Gasteiger partial charge in [0.2, 0.25) is 0 Å². The van der Waals surface area contributed by atoms with Gasteiger partial charge < -0.3 is 10.6 Å². The zero-order valence-corrected chi connectivity index (χ0v) is 11.6. The predicted molar refractivity (Wildman–Crippen MR) is 72.1 cm³/mol. The second-order valence-electron chi connectivity index (χ2n) is 6.51. The van der Waals surface area contributed by atoms with E-state index in [9.17, 15) is 0 Å². The van der Waals surface area contributed by atoms with Gasteiger partial charge in [0.1, 0.15) is 0 Å². The smallest absolute Gasteiger partial charge is 0.0226 e. The van der Waals surface area contributed by atoms with E-state index in [2.05, 4.69) is 18.7 Å². The van der Waals surface area contributed by atoms with Crippen molar-refractivity contribution < 1.29 is 0 Å². The molecular formula is C13H27ClN2. The van der Waals surface area contributed by atoms with Crippen LogP contribution in [0.25, 0.3) is 0 Å². The number of rotatable bonds is 2. The molecule has 16 heavy (non-hydrogen) atoms. The topological polar surface area (TPSA) is 29.3 Å². The highest BCUT2D eigenvalue weighted by Gasteiger charge is 2.39. The number of hydrogen-bond acceptors (Lipinski definition) is 2. The van der Waals surface area contributed by atoms with Gasteiger partial charge >= 0.3 is 0 Å². The van der Waals surface area contributed by atoms with Gasteiger partial charge in [-0.1, -0.05) is 19.3 Å². The number of hydrogen-bond donors (Lipinski definition) is 1. The van der Waals surface area contributed by atoms with E-state index >= 15 is 0 Å². The van der Waals surface area contributed by atoms with Crippen LogP contribution in [0.1, 0.15) is 52.4 Å². The Labute approximate surface area is 106 Å². The fourth-order valence-electron chi connectivity index (χ4n) is 3.45.